The highest BCUT2D eigenvalue weighted by Crippen LogP contribution is 2.35. The summed E-state index contributed by atoms with van der Waals surface area (Å²) in [6, 6.07) is 5.58. The van der Waals surface area contributed by atoms with Gasteiger partial charge in [0, 0.05) is 18.8 Å². The summed E-state index contributed by atoms with van der Waals surface area (Å²) in [6.07, 6.45) is 0. The number of anilines is 2. The number of esters is 1. The summed E-state index contributed by atoms with van der Waals surface area (Å²) in [5, 5.41) is 6.95. The molecule has 9 heteroatoms. The van der Waals surface area contributed by atoms with E-state index in [1.54, 1.807) is 18.9 Å². The van der Waals surface area contributed by atoms with E-state index < -0.39 is 5.97 Å². The fourth-order valence-corrected chi connectivity index (χ4v) is 4.41. The molecule has 7 nitrogen and oxygen atoms in total. The normalized spacial score (nSPS) is 10.3. The molecule has 0 unspecified atom stereocenters. The first-order valence-electron chi connectivity index (χ1n) is 9.50. The number of carbonyl (C=O) groups excluding carboxylic acids is 2. The number of thiophene rings is 1. The smallest absolute Gasteiger partial charge is 0.341 e. The van der Waals surface area contributed by atoms with Crippen LogP contribution in [0.25, 0.3) is 0 Å². The van der Waals surface area contributed by atoms with Crippen LogP contribution in [0.1, 0.15) is 45.0 Å². The molecule has 30 heavy (non-hydrogen) atoms. The minimum atomic E-state index is -0.520. The molecule has 2 aromatic rings. The van der Waals surface area contributed by atoms with Crippen molar-refractivity contribution in [3.05, 3.63) is 39.8 Å². The lowest BCUT2D eigenvalue weighted by Gasteiger charge is -2.18. The first-order chi connectivity index (χ1) is 14.3. The topological polar surface area (TPSA) is 79.9 Å². The molecule has 0 fully saturated rings. The van der Waals surface area contributed by atoms with Gasteiger partial charge in [-0.05, 0) is 69.2 Å². The quantitative estimate of drug-likeness (QED) is 0.477. The molecule has 1 aromatic carbocycles. The summed E-state index contributed by atoms with van der Waals surface area (Å²) in [7, 11) is 2.92. The van der Waals surface area contributed by atoms with Crippen molar-refractivity contribution in [1.29, 1.82) is 0 Å². The van der Waals surface area contributed by atoms with E-state index in [0.717, 1.165) is 17.0 Å². The first kappa shape index (κ1) is 23.6. The zero-order valence-corrected chi connectivity index (χ0v) is 19.7. The number of rotatable bonds is 7. The van der Waals surface area contributed by atoms with Crippen LogP contribution in [-0.4, -0.2) is 49.2 Å². The Morgan fingerprint density at radius 1 is 1.13 bits per heavy atom. The van der Waals surface area contributed by atoms with Crippen molar-refractivity contribution in [2.24, 2.45) is 0 Å². The van der Waals surface area contributed by atoms with E-state index in [1.165, 1.54) is 18.4 Å². The van der Waals surface area contributed by atoms with Gasteiger partial charge in [-0.3, -0.25) is 4.79 Å². The van der Waals surface area contributed by atoms with E-state index >= 15 is 0 Å². The summed E-state index contributed by atoms with van der Waals surface area (Å²) in [5.74, 6) is 0.109. The number of nitrogens with zero attached hydrogens (tertiary/aromatic N) is 1. The maximum absolute atomic E-state index is 12.9. The highest BCUT2D eigenvalue weighted by atomic mass is 32.1. The van der Waals surface area contributed by atoms with Gasteiger partial charge in [0.1, 0.15) is 10.8 Å². The van der Waals surface area contributed by atoms with Crippen molar-refractivity contribution in [2.45, 2.75) is 27.7 Å². The number of ether oxygens (including phenoxy) is 2. The molecule has 0 bridgehead atoms. The van der Waals surface area contributed by atoms with Gasteiger partial charge in [0.2, 0.25) is 0 Å². The Hall–Kier alpha value is -2.65. The number of carbonyl (C=O) groups is 2. The molecule has 2 rings (SSSR count). The van der Waals surface area contributed by atoms with Crippen molar-refractivity contribution in [2.75, 3.05) is 37.9 Å². The lowest BCUT2D eigenvalue weighted by molar-refractivity contribution is 0.0601. The average molecular weight is 450 g/mol. The maximum atomic E-state index is 12.9. The summed E-state index contributed by atoms with van der Waals surface area (Å²) in [5.41, 5.74) is 2.65. The Balaban J connectivity index is 2.33. The van der Waals surface area contributed by atoms with Crippen LogP contribution in [0.3, 0.4) is 0 Å². The standard InChI is InChI=1S/C21H27N3O4S2/c1-7-24(8-2)19(25)17-13(4)16(20(26)28-6)18(30-17)23-21(29)22-15-10-9-14(27-5)11-12(15)3/h9-11H,7-8H2,1-6H3,(H2,22,23,29). The Bertz CT molecular complexity index is 952. The van der Waals surface area contributed by atoms with E-state index in [2.05, 4.69) is 10.6 Å². The van der Waals surface area contributed by atoms with E-state index in [9.17, 15) is 9.59 Å². The molecule has 0 aliphatic rings. The van der Waals surface area contributed by atoms with Gasteiger partial charge >= 0.3 is 5.97 Å². The van der Waals surface area contributed by atoms with Crippen molar-refractivity contribution in [1.82, 2.24) is 4.90 Å². The zero-order chi connectivity index (χ0) is 22.4. The van der Waals surface area contributed by atoms with Gasteiger partial charge in [0.25, 0.3) is 5.91 Å². The second-order valence-electron chi connectivity index (χ2n) is 6.49. The molecular weight excluding hydrogens is 422 g/mol. The Kier molecular flexibility index (Phi) is 8.19. The second-order valence-corrected chi connectivity index (χ2v) is 7.92. The van der Waals surface area contributed by atoms with Crippen LogP contribution in [-0.2, 0) is 4.74 Å². The molecule has 0 aliphatic carbocycles. The number of hydrogen-bond donors (Lipinski definition) is 2. The Morgan fingerprint density at radius 3 is 2.33 bits per heavy atom. The van der Waals surface area contributed by atoms with E-state index in [4.69, 9.17) is 21.7 Å². The molecule has 1 amide bonds. The van der Waals surface area contributed by atoms with Gasteiger partial charge in [0.05, 0.1) is 24.7 Å². The minimum absolute atomic E-state index is 0.120. The monoisotopic (exact) mass is 449 g/mol. The zero-order valence-electron chi connectivity index (χ0n) is 18.0. The molecular formula is C21H27N3O4S2. The van der Waals surface area contributed by atoms with Crippen LogP contribution in [0, 0.1) is 13.8 Å². The third kappa shape index (κ3) is 5.09. The number of benzene rings is 1. The van der Waals surface area contributed by atoms with Crippen molar-refractivity contribution >= 4 is 51.2 Å². The van der Waals surface area contributed by atoms with Crippen LogP contribution in [0.4, 0.5) is 10.7 Å². The molecule has 0 atom stereocenters. The van der Waals surface area contributed by atoms with Crippen LogP contribution in [0.15, 0.2) is 18.2 Å². The summed E-state index contributed by atoms with van der Waals surface area (Å²) in [4.78, 5) is 27.5. The van der Waals surface area contributed by atoms with Crippen LogP contribution in [0.2, 0.25) is 0 Å². The lowest BCUT2D eigenvalue weighted by Crippen LogP contribution is -2.30. The third-order valence-electron chi connectivity index (χ3n) is 4.69. The van der Waals surface area contributed by atoms with Crippen LogP contribution >= 0.6 is 23.6 Å². The van der Waals surface area contributed by atoms with Gasteiger partial charge in [-0.25, -0.2) is 4.79 Å². The summed E-state index contributed by atoms with van der Waals surface area (Å²) >= 11 is 6.64. The van der Waals surface area contributed by atoms with Crippen LogP contribution in [0.5, 0.6) is 5.75 Å². The lowest BCUT2D eigenvalue weighted by atomic mass is 10.1. The van der Waals surface area contributed by atoms with Gasteiger partial charge in [-0.1, -0.05) is 0 Å². The number of nitrogens with one attached hydrogen (secondary N) is 2. The fraction of sp³-hybridized carbons (Fsp3) is 0.381. The third-order valence-corrected chi connectivity index (χ3v) is 6.09. The average Bonchev–Trinajstić information content (AvgIpc) is 3.05. The van der Waals surface area contributed by atoms with Gasteiger partial charge < -0.3 is 25.0 Å². The first-order valence-corrected chi connectivity index (χ1v) is 10.7. The molecule has 1 aromatic heterocycles. The Labute approximate surface area is 186 Å². The van der Waals surface area contributed by atoms with E-state index in [-0.39, 0.29) is 5.91 Å². The molecule has 1 heterocycles. The van der Waals surface area contributed by atoms with Crippen LogP contribution < -0.4 is 15.4 Å². The number of methoxy groups -OCH3 is 2. The highest BCUT2D eigenvalue weighted by molar-refractivity contribution is 7.80. The molecule has 0 radical (unpaired) electrons. The van der Waals surface area contributed by atoms with Crippen molar-refractivity contribution < 1.29 is 19.1 Å². The van der Waals surface area contributed by atoms with Crippen molar-refractivity contribution in [3.63, 3.8) is 0 Å². The minimum Gasteiger partial charge on any atom is -0.497 e. The molecule has 162 valence electrons. The van der Waals surface area contributed by atoms with E-state index in [1.807, 2.05) is 39.0 Å². The maximum Gasteiger partial charge on any atom is 0.341 e. The summed E-state index contributed by atoms with van der Waals surface area (Å²) in [6.45, 7) is 8.68. The Morgan fingerprint density at radius 2 is 1.80 bits per heavy atom. The predicted octanol–water partition coefficient (Wildman–Crippen LogP) is 4.45. The number of hydrogen-bond acceptors (Lipinski definition) is 6. The molecule has 0 saturated carbocycles. The van der Waals surface area contributed by atoms with Crippen molar-refractivity contribution in [3.8, 4) is 5.75 Å². The number of amides is 1. The highest BCUT2D eigenvalue weighted by Gasteiger charge is 2.27. The SMILES string of the molecule is CCN(CC)C(=O)c1sc(NC(=S)Nc2ccc(OC)cc2C)c(C(=O)OC)c1C. The predicted molar refractivity (Wildman–Crippen MR) is 125 cm³/mol. The summed E-state index contributed by atoms with van der Waals surface area (Å²) < 4.78 is 10.2. The second kappa shape index (κ2) is 10.4. The van der Waals surface area contributed by atoms with Gasteiger partial charge in [-0.2, -0.15) is 0 Å². The number of thiocarbonyl (C=S) groups is 1. The van der Waals surface area contributed by atoms with Gasteiger partial charge in [-0.15, -0.1) is 11.3 Å². The molecule has 0 saturated heterocycles. The molecule has 0 aliphatic heterocycles. The van der Waals surface area contributed by atoms with E-state index in [0.29, 0.717) is 39.2 Å². The number of aryl methyl sites for hydroxylation is 1. The largest absolute Gasteiger partial charge is 0.497 e. The van der Waals surface area contributed by atoms with Gasteiger partial charge in [0.15, 0.2) is 5.11 Å². The molecule has 0 spiro atoms. The fourth-order valence-electron chi connectivity index (χ4n) is 2.97. The molecule has 2 N–H and O–H groups in total.